The van der Waals surface area contributed by atoms with Gasteiger partial charge in [0.05, 0.1) is 14.2 Å². The molecule has 0 aliphatic carbocycles. The fraction of sp³-hybridized carbons (Fsp3) is 0.458. The SMILES string of the molecule is COc1cc(C)c(C[NH+]2CC[NH+](CC(=O)N(C)Cc3ccccc3)CC2)cc1OC. The molecule has 1 fully saturated rings. The average molecular weight is 414 g/mol. The molecule has 1 heterocycles. The Morgan fingerprint density at radius 3 is 2.20 bits per heavy atom. The highest BCUT2D eigenvalue weighted by atomic mass is 16.5. The second kappa shape index (κ2) is 10.5. The number of methoxy groups -OCH3 is 2. The van der Waals surface area contributed by atoms with Crippen molar-refractivity contribution in [3.8, 4) is 11.5 Å². The maximum atomic E-state index is 12.6. The molecule has 0 spiro atoms. The van der Waals surface area contributed by atoms with E-state index in [4.69, 9.17) is 9.47 Å². The molecular weight excluding hydrogens is 378 g/mol. The van der Waals surface area contributed by atoms with Gasteiger partial charge in [0, 0.05) is 19.2 Å². The zero-order chi connectivity index (χ0) is 21.5. The fourth-order valence-corrected chi connectivity index (χ4v) is 4.09. The summed E-state index contributed by atoms with van der Waals surface area (Å²) in [6.07, 6.45) is 0. The highest BCUT2D eigenvalue weighted by Gasteiger charge is 2.26. The van der Waals surface area contributed by atoms with Gasteiger partial charge in [0.15, 0.2) is 18.0 Å². The number of amides is 1. The van der Waals surface area contributed by atoms with Crippen LogP contribution < -0.4 is 19.3 Å². The topological polar surface area (TPSA) is 47.7 Å². The maximum Gasteiger partial charge on any atom is 0.277 e. The molecule has 3 rings (SSSR count). The Morgan fingerprint density at radius 1 is 0.967 bits per heavy atom. The minimum Gasteiger partial charge on any atom is -0.493 e. The van der Waals surface area contributed by atoms with Gasteiger partial charge >= 0.3 is 0 Å². The van der Waals surface area contributed by atoms with Crippen molar-refractivity contribution < 1.29 is 24.1 Å². The van der Waals surface area contributed by atoms with E-state index < -0.39 is 0 Å². The Labute approximate surface area is 180 Å². The number of rotatable bonds is 8. The van der Waals surface area contributed by atoms with Crippen molar-refractivity contribution in [1.82, 2.24) is 4.90 Å². The molecule has 0 saturated carbocycles. The number of ether oxygens (including phenoxy) is 2. The lowest BCUT2D eigenvalue weighted by atomic mass is 10.1. The Bertz CT molecular complexity index is 833. The number of likely N-dealkylation sites (N-methyl/N-ethyl adjacent to an activating group) is 1. The molecule has 1 amide bonds. The first kappa shape index (κ1) is 22.1. The van der Waals surface area contributed by atoms with E-state index in [1.807, 2.05) is 30.1 Å². The zero-order valence-corrected chi connectivity index (χ0v) is 18.7. The standard InChI is InChI=1S/C24H33N3O3/c1-19-14-22(29-3)23(30-4)15-21(19)17-26-10-12-27(13-11-26)18-24(28)25(2)16-20-8-6-5-7-9-20/h5-9,14-15H,10-13,16-18H2,1-4H3/p+2. The summed E-state index contributed by atoms with van der Waals surface area (Å²) < 4.78 is 10.9. The molecule has 30 heavy (non-hydrogen) atoms. The van der Waals surface area contributed by atoms with Crippen LogP contribution in [0.5, 0.6) is 11.5 Å². The summed E-state index contributed by atoms with van der Waals surface area (Å²) in [6.45, 7) is 8.52. The van der Waals surface area contributed by atoms with E-state index in [1.54, 1.807) is 19.1 Å². The van der Waals surface area contributed by atoms with E-state index in [0.717, 1.165) is 44.2 Å². The quantitative estimate of drug-likeness (QED) is 0.638. The Morgan fingerprint density at radius 2 is 1.57 bits per heavy atom. The summed E-state index contributed by atoms with van der Waals surface area (Å²) in [5.74, 6) is 1.78. The lowest BCUT2D eigenvalue weighted by Crippen LogP contribution is -3.28. The normalized spacial score (nSPS) is 18.7. The van der Waals surface area contributed by atoms with Crippen LogP contribution in [-0.4, -0.2) is 64.8 Å². The van der Waals surface area contributed by atoms with Crippen LogP contribution in [0.25, 0.3) is 0 Å². The maximum absolute atomic E-state index is 12.6. The summed E-state index contributed by atoms with van der Waals surface area (Å²) in [5.41, 5.74) is 3.69. The second-order valence-electron chi connectivity index (χ2n) is 8.22. The van der Waals surface area contributed by atoms with E-state index in [9.17, 15) is 4.79 Å². The van der Waals surface area contributed by atoms with Crippen LogP contribution in [0, 0.1) is 6.92 Å². The van der Waals surface area contributed by atoms with Gasteiger partial charge in [-0.1, -0.05) is 30.3 Å². The summed E-state index contributed by atoms with van der Waals surface area (Å²) >= 11 is 0. The minimum atomic E-state index is 0.216. The summed E-state index contributed by atoms with van der Waals surface area (Å²) in [7, 11) is 5.25. The Kier molecular flexibility index (Phi) is 7.71. The average Bonchev–Trinajstić information content (AvgIpc) is 2.76. The first-order valence-electron chi connectivity index (χ1n) is 10.7. The molecule has 6 nitrogen and oxygen atoms in total. The lowest BCUT2D eigenvalue weighted by Gasteiger charge is -2.30. The van der Waals surface area contributed by atoms with Gasteiger partial charge in [-0.15, -0.1) is 0 Å². The highest BCUT2D eigenvalue weighted by molar-refractivity contribution is 5.76. The fourth-order valence-electron chi connectivity index (χ4n) is 4.09. The predicted molar refractivity (Wildman–Crippen MR) is 117 cm³/mol. The first-order chi connectivity index (χ1) is 14.5. The molecule has 6 heteroatoms. The van der Waals surface area contributed by atoms with E-state index in [0.29, 0.717) is 13.1 Å². The molecule has 1 aliphatic rings. The van der Waals surface area contributed by atoms with Crippen molar-refractivity contribution in [2.75, 3.05) is 54.0 Å². The van der Waals surface area contributed by atoms with E-state index in [1.165, 1.54) is 21.6 Å². The lowest BCUT2D eigenvalue weighted by molar-refractivity contribution is -1.02. The number of nitrogens with one attached hydrogen (secondary N) is 2. The number of aryl methyl sites for hydroxylation is 1. The van der Waals surface area contributed by atoms with Crippen molar-refractivity contribution in [3.05, 3.63) is 59.2 Å². The molecular formula is C24H35N3O3+2. The molecule has 0 atom stereocenters. The van der Waals surface area contributed by atoms with Crippen LogP contribution in [0.4, 0.5) is 0 Å². The van der Waals surface area contributed by atoms with Gasteiger partial charge < -0.3 is 24.2 Å². The third-order valence-corrected chi connectivity index (χ3v) is 6.04. The third kappa shape index (κ3) is 5.74. The molecule has 0 unspecified atom stereocenters. The van der Waals surface area contributed by atoms with Gasteiger partial charge in [-0.25, -0.2) is 0 Å². The van der Waals surface area contributed by atoms with Crippen LogP contribution >= 0.6 is 0 Å². The van der Waals surface area contributed by atoms with Gasteiger partial charge in [-0.3, -0.25) is 4.79 Å². The minimum absolute atomic E-state index is 0.216. The van der Waals surface area contributed by atoms with Crippen molar-refractivity contribution in [3.63, 3.8) is 0 Å². The predicted octanol–water partition coefficient (Wildman–Crippen LogP) is -0.0458. The smallest absolute Gasteiger partial charge is 0.277 e. The van der Waals surface area contributed by atoms with Gasteiger partial charge in [0.25, 0.3) is 5.91 Å². The molecule has 1 aliphatic heterocycles. The Hall–Kier alpha value is -2.57. The number of piperazine rings is 1. The van der Waals surface area contributed by atoms with Crippen LogP contribution in [0.1, 0.15) is 16.7 Å². The summed E-state index contributed by atoms with van der Waals surface area (Å²) in [4.78, 5) is 17.4. The number of carbonyl (C=O) groups is 1. The molecule has 0 radical (unpaired) electrons. The number of quaternary nitrogens is 2. The van der Waals surface area contributed by atoms with E-state index in [2.05, 4.69) is 31.2 Å². The molecule has 2 aromatic carbocycles. The third-order valence-electron chi connectivity index (χ3n) is 6.04. The molecule has 2 aromatic rings. The summed E-state index contributed by atoms with van der Waals surface area (Å²) in [6, 6.07) is 14.3. The van der Waals surface area contributed by atoms with Gasteiger partial charge in [-0.2, -0.15) is 0 Å². The van der Waals surface area contributed by atoms with Gasteiger partial charge in [0.2, 0.25) is 0 Å². The number of nitrogens with zero attached hydrogens (tertiary/aromatic N) is 1. The first-order valence-corrected chi connectivity index (χ1v) is 10.7. The van der Waals surface area contributed by atoms with E-state index >= 15 is 0 Å². The number of benzene rings is 2. The van der Waals surface area contributed by atoms with Crippen molar-refractivity contribution in [2.45, 2.75) is 20.0 Å². The molecule has 0 aromatic heterocycles. The van der Waals surface area contributed by atoms with Crippen LogP contribution in [-0.2, 0) is 17.9 Å². The Balaban J connectivity index is 1.48. The van der Waals surface area contributed by atoms with Crippen molar-refractivity contribution in [2.24, 2.45) is 0 Å². The number of carbonyl (C=O) groups excluding carboxylic acids is 1. The molecule has 2 N–H and O–H groups in total. The second-order valence-corrected chi connectivity index (χ2v) is 8.22. The molecule has 162 valence electrons. The van der Waals surface area contributed by atoms with Crippen molar-refractivity contribution >= 4 is 5.91 Å². The summed E-state index contributed by atoms with van der Waals surface area (Å²) in [5, 5.41) is 0. The number of hydrogen-bond donors (Lipinski definition) is 2. The van der Waals surface area contributed by atoms with Crippen molar-refractivity contribution in [1.29, 1.82) is 0 Å². The monoisotopic (exact) mass is 413 g/mol. The van der Waals surface area contributed by atoms with E-state index in [-0.39, 0.29) is 5.91 Å². The van der Waals surface area contributed by atoms with Gasteiger partial charge in [0.1, 0.15) is 32.7 Å². The molecule has 1 saturated heterocycles. The largest absolute Gasteiger partial charge is 0.493 e. The van der Waals surface area contributed by atoms with Crippen LogP contribution in [0.2, 0.25) is 0 Å². The highest BCUT2D eigenvalue weighted by Crippen LogP contribution is 2.29. The number of hydrogen-bond acceptors (Lipinski definition) is 3. The van der Waals surface area contributed by atoms with Gasteiger partial charge in [-0.05, 0) is 30.2 Å². The van der Waals surface area contributed by atoms with Crippen LogP contribution in [0.15, 0.2) is 42.5 Å². The molecule has 0 bridgehead atoms. The zero-order valence-electron chi connectivity index (χ0n) is 18.7. The van der Waals surface area contributed by atoms with Crippen LogP contribution in [0.3, 0.4) is 0 Å².